The molecule has 24 heavy (non-hydrogen) atoms. The predicted molar refractivity (Wildman–Crippen MR) is 92.6 cm³/mol. The molecule has 2 heterocycles. The van der Waals surface area contributed by atoms with E-state index in [0.29, 0.717) is 18.1 Å². The number of benzene rings is 1. The number of urea groups is 1. The number of aromatic nitrogens is 1. The molecule has 0 radical (unpaired) electrons. The fraction of sp³-hybridized carbons (Fsp3) is 0.353. The fourth-order valence-corrected chi connectivity index (χ4v) is 3.67. The summed E-state index contributed by atoms with van der Waals surface area (Å²) in [5, 5.41) is 5.17. The number of amides is 3. The van der Waals surface area contributed by atoms with E-state index in [2.05, 4.69) is 29.4 Å². The smallest absolute Gasteiger partial charge is 0.318 e. The number of nitrogens with one attached hydrogen (secondary N) is 1. The number of hydrogen-bond acceptors (Lipinski definition) is 4. The summed E-state index contributed by atoms with van der Waals surface area (Å²) in [7, 11) is 0. The van der Waals surface area contributed by atoms with E-state index >= 15 is 0 Å². The van der Waals surface area contributed by atoms with E-state index in [1.165, 1.54) is 22.5 Å². The SMILES string of the molecule is CCC1Cc2ccccc2CN1C(=O)NCc1nc(C(N)=O)cs1. The van der Waals surface area contributed by atoms with Crippen LogP contribution in [0.4, 0.5) is 4.79 Å². The van der Waals surface area contributed by atoms with Crippen molar-refractivity contribution in [3.8, 4) is 0 Å². The van der Waals surface area contributed by atoms with Crippen molar-refractivity contribution >= 4 is 23.3 Å². The minimum absolute atomic E-state index is 0.104. The number of nitrogens with zero attached hydrogens (tertiary/aromatic N) is 2. The van der Waals surface area contributed by atoms with E-state index in [9.17, 15) is 9.59 Å². The molecule has 2 aromatic rings. The lowest BCUT2D eigenvalue weighted by molar-refractivity contribution is 0.0996. The molecule has 126 valence electrons. The molecule has 1 aliphatic rings. The van der Waals surface area contributed by atoms with Gasteiger partial charge in [0.15, 0.2) is 0 Å². The lowest BCUT2D eigenvalue weighted by atomic mass is 9.93. The monoisotopic (exact) mass is 344 g/mol. The standard InChI is InChI=1S/C17H20N4O2S/c1-2-13-7-11-5-3-4-6-12(11)9-21(13)17(23)19-8-15-20-14(10-24-15)16(18)22/h3-6,10,13H,2,7-9H2,1H3,(H2,18,22)(H,19,23). The zero-order valence-electron chi connectivity index (χ0n) is 13.5. The van der Waals surface area contributed by atoms with E-state index in [0.717, 1.165) is 12.8 Å². The Kier molecular flexibility index (Phi) is 4.80. The van der Waals surface area contributed by atoms with Crippen molar-refractivity contribution in [2.24, 2.45) is 5.73 Å². The molecule has 3 N–H and O–H groups in total. The second-order valence-corrected chi connectivity index (χ2v) is 6.75. The Morgan fingerprint density at radius 3 is 2.79 bits per heavy atom. The van der Waals surface area contributed by atoms with Gasteiger partial charge in [-0.2, -0.15) is 0 Å². The van der Waals surface area contributed by atoms with Crippen LogP contribution < -0.4 is 11.1 Å². The lowest BCUT2D eigenvalue weighted by Gasteiger charge is -2.36. The molecule has 1 aromatic heterocycles. The number of carbonyl (C=O) groups excluding carboxylic acids is 2. The van der Waals surface area contributed by atoms with Crippen LogP contribution >= 0.6 is 11.3 Å². The first kappa shape index (κ1) is 16.4. The van der Waals surface area contributed by atoms with Gasteiger partial charge in [0.2, 0.25) is 0 Å². The van der Waals surface area contributed by atoms with Gasteiger partial charge < -0.3 is 16.0 Å². The lowest BCUT2D eigenvalue weighted by Crippen LogP contribution is -2.48. The second kappa shape index (κ2) is 7.00. The van der Waals surface area contributed by atoms with E-state index in [1.54, 1.807) is 5.38 Å². The number of fused-ring (bicyclic) bond motifs is 1. The van der Waals surface area contributed by atoms with E-state index in [4.69, 9.17) is 5.73 Å². The first-order valence-electron chi connectivity index (χ1n) is 7.94. The summed E-state index contributed by atoms with van der Waals surface area (Å²) in [6.07, 6.45) is 1.79. The van der Waals surface area contributed by atoms with Gasteiger partial charge in [-0.25, -0.2) is 9.78 Å². The Morgan fingerprint density at radius 1 is 1.38 bits per heavy atom. The minimum atomic E-state index is -0.553. The maximum Gasteiger partial charge on any atom is 0.318 e. The highest BCUT2D eigenvalue weighted by atomic mass is 32.1. The summed E-state index contributed by atoms with van der Waals surface area (Å²) in [5.41, 5.74) is 7.95. The predicted octanol–water partition coefficient (Wildman–Crippen LogP) is 2.29. The number of carbonyl (C=O) groups is 2. The van der Waals surface area contributed by atoms with Crippen LogP contribution in [-0.2, 0) is 19.5 Å². The van der Waals surface area contributed by atoms with Gasteiger partial charge in [0.1, 0.15) is 10.7 Å². The molecule has 1 aliphatic heterocycles. The number of thiazole rings is 1. The Hall–Kier alpha value is -2.41. The van der Waals surface area contributed by atoms with Crippen LogP contribution in [0.25, 0.3) is 0 Å². The molecule has 0 saturated heterocycles. The summed E-state index contributed by atoms with van der Waals surface area (Å²) >= 11 is 1.32. The maximum absolute atomic E-state index is 12.6. The Bertz CT molecular complexity index is 759. The third-order valence-electron chi connectivity index (χ3n) is 4.28. The molecule has 3 amide bonds. The van der Waals surface area contributed by atoms with Crippen molar-refractivity contribution in [2.45, 2.75) is 38.9 Å². The van der Waals surface area contributed by atoms with E-state index in [-0.39, 0.29) is 17.8 Å². The van der Waals surface area contributed by atoms with Crippen LogP contribution in [0.1, 0.15) is 40.0 Å². The highest BCUT2D eigenvalue weighted by Crippen LogP contribution is 2.25. The molecule has 7 heteroatoms. The van der Waals surface area contributed by atoms with Crippen molar-refractivity contribution in [3.63, 3.8) is 0 Å². The summed E-state index contributed by atoms with van der Waals surface area (Å²) in [6.45, 7) is 3.01. The van der Waals surface area contributed by atoms with Gasteiger partial charge >= 0.3 is 6.03 Å². The van der Waals surface area contributed by atoms with Gasteiger partial charge in [0.25, 0.3) is 5.91 Å². The van der Waals surface area contributed by atoms with Crippen molar-refractivity contribution in [3.05, 3.63) is 51.5 Å². The van der Waals surface area contributed by atoms with Crippen LogP contribution in [-0.4, -0.2) is 27.9 Å². The third kappa shape index (κ3) is 3.41. The van der Waals surface area contributed by atoms with Crippen molar-refractivity contribution in [2.75, 3.05) is 0 Å². The molecule has 3 rings (SSSR count). The maximum atomic E-state index is 12.6. The largest absolute Gasteiger partial charge is 0.364 e. The van der Waals surface area contributed by atoms with Crippen molar-refractivity contribution < 1.29 is 9.59 Å². The van der Waals surface area contributed by atoms with Crippen LogP contribution in [0.3, 0.4) is 0 Å². The highest BCUT2D eigenvalue weighted by molar-refractivity contribution is 7.09. The van der Waals surface area contributed by atoms with Gasteiger partial charge in [-0.05, 0) is 24.0 Å². The van der Waals surface area contributed by atoms with E-state index in [1.807, 2.05) is 17.0 Å². The first-order valence-corrected chi connectivity index (χ1v) is 8.82. The number of rotatable bonds is 4. The van der Waals surface area contributed by atoms with Gasteiger partial charge in [0, 0.05) is 18.0 Å². The average molecular weight is 344 g/mol. The number of primary amides is 1. The molecule has 0 saturated carbocycles. The Labute approximate surface area is 144 Å². The molecule has 1 unspecified atom stereocenters. The molecular weight excluding hydrogens is 324 g/mol. The normalized spacial score (nSPS) is 16.5. The zero-order valence-corrected chi connectivity index (χ0v) is 14.3. The fourth-order valence-electron chi connectivity index (χ4n) is 2.95. The molecular formula is C17H20N4O2S. The molecule has 0 aliphatic carbocycles. The van der Waals surface area contributed by atoms with Gasteiger partial charge in [0.05, 0.1) is 6.54 Å². The van der Waals surface area contributed by atoms with Crippen molar-refractivity contribution in [1.29, 1.82) is 0 Å². The summed E-state index contributed by atoms with van der Waals surface area (Å²) in [6, 6.07) is 8.34. The summed E-state index contributed by atoms with van der Waals surface area (Å²) in [4.78, 5) is 29.7. The highest BCUT2D eigenvalue weighted by Gasteiger charge is 2.28. The van der Waals surface area contributed by atoms with Crippen LogP contribution in [0.5, 0.6) is 0 Å². The molecule has 1 aromatic carbocycles. The Morgan fingerprint density at radius 2 is 2.12 bits per heavy atom. The van der Waals surface area contributed by atoms with Crippen molar-refractivity contribution in [1.82, 2.24) is 15.2 Å². The van der Waals surface area contributed by atoms with Gasteiger partial charge in [-0.3, -0.25) is 4.79 Å². The number of nitrogens with two attached hydrogens (primary N) is 1. The summed E-state index contributed by atoms with van der Waals surface area (Å²) < 4.78 is 0. The first-order chi connectivity index (χ1) is 11.6. The minimum Gasteiger partial charge on any atom is -0.364 e. The van der Waals surface area contributed by atoms with E-state index < -0.39 is 5.91 Å². The summed E-state index contributed by atoms with van der Waals surface area (Å²) in [5.74, 6) is -0.553. The second-order valence-electron chi connectivity index (χ2n) is 5.81. The molecule has 0 spiro atoms. The number of hydrogen-bond donors (Lipinski definition) is 2. The van der Waals surface area contributed by atoms with Gasteiger partial charge in [-0.1, -0.05) is 31.2 Å². The molecule has 6 nitrogen and oxygen atoms in total. The molecule has 1 atom stereocenters. The Balaban J connectivity index is 1.66. The van der Waals surface area contributed by atoms with Crippen LogP contribution in [0, 0.1) is 0 Å². The van der Waals surface area contributed by atoms with Crippen LogP contribution in [0.2, 0.25) is 0 Å². The topological polar surface area (TPSA) is 88.3 Å². The van der Waals surface area contributed by atoms with Crippen LogP contribution in [0.15, 0.2) is 29.6 Å². The zero-order chi connectivity index (χ0) is 17.1. The molecule has 0 bridgehead atoms. The third-order valence-corrected chi connectivity index (χ3v) is 5.13. The quantitative estimate of drug-likeness (QED) is 0.892. The average Bonchev–Trinajstić information content (AvgIpc) is 3.07. The van der Waals surface area contributed by atoms with Gasteiger partial charge in [-0.15, -0.1) is 11.3 Å². The molecule has 0 fully saturated rings.